The van der Waals surface area contributed by atoms with Gasteiger partial charge in [0.15, 0.2) is 15.7 Å². The Morgan fingerprint density at radius 1 is 1.38 bits per heavy atom. The van der Waals surface area contributed by atoms with Gasteiger partial charge in [-0.05, 0) is 36.9 Å². The molecule has 1 aromatic carbocycles. The van der Waals surface area contributed by atoms with Crippen LogP contribution in [-0.2, 0) is 22.2 Å². The smallest absolute Gasteiger partial charge is 0.188 e. The Morgan fingerprint density at radius 2 is 2.12 bits per heavy atom. The summed E-state index contributed by atoms with van der Waals surface area (Å²) in [6, 6.07) is 5.56. The number of sulfone groups is 1. The molecule has 130 valence electrons. The van der Waals surface area contributed by atoms with Crippen molar-refractivity contribution in [3.63, 3.8) is 0 Å². The van der Waals surface area contributed by atoms with Crippen molar-refractivity contribution < 1.29 is 17.5 Å². The normalized spacial score (nSPS) is 19.5. The zero-order chi connectivity index (χ0) is 17.2. The first-order valence-corrected chi connectivity index (χ1v) is 10.7. The molecular weight excluding hydrogens is 353 g/mol. The fourth-order valence-electron chi connectivity index (χ4n) is 2.63. The molecule has 0 N–H and O–H groups in total. The van der Waals surface area contributed by atoms with Crippen LogP contribution >= 0.6 is 11.8 Å². The van der Waals surface area contributed by atoms with Crippen molar-refractivity contribution in [1.29, 1.82) is 0 Å². The van der Waals surface area contributed by atoms with Gasteiger partial charge in [0.2, 0.25) is 0 Å². The standard InChI is InChI=1S/C15H18FN3O3S2/c1-23-9-15-17-14(8-22-13-4-2-11(16)3-5-13)18-19(15)12-6-7-24(20,21)10-12/h2-5,12H,6-10H2,1H3. The van der Waals surface area contributed by atoms with Gasteiger partial charge in [-0.2, -0.15) is 16.9 Å². The molecule has 6 nitrogen and oxygen atoms in total. The predicted octanol–water partition coefficient (Wildman–Crippen LogP) is 2.22. The SMILES string of the molecule is CSCc1nc(COc2ccc(F)cc2)nn1C1CCS(=O)(=O)C1. The molecule has 1 unspecified atom stereocenters. The summed E-state index contributed by atoms with van der Waals surface area (Å²) in [5, 5.41) is 4.44. The quantitative estimate of drug-likeness (QED) is 0.775. The summed E-state index contributed by atoms with van der Waals surface area (Å²) in [5.74, 6) is 2.40. The zero-order valence-corrected chi connectivity index (χ0v) is 14.8. The van der Waals surface area contributed by atoms with Crippen molar-refractivity contribution in [2.75, 3.05) is 17.8 Å². The zero-order valence-electron chi connectivity index (χ0n) is 13.2. The Bertz CT molecular complexity index is 806. The predicted molar refractivity (Wildman–Crippen MR) is 90.3 cm³/mol. The first-order chi connectivity index (χ1) is 11.5. The molecule has 0 spiro atoms. The lowest BCUT2D eigenvalue weighted by Gasteiger charge is -2.10. The van der Waals surface area contributed by atoms with Crippen LogP contribution in [0.25, 0.3) is 0 Å². The number of halogens is 1. The minimum Gasteiger partial charge on any atom is -0.486 e. The van der Waals surface area contributed by atoms with Crippen molar-refractivity contribution in [3.05, 3.63) is 41.7 Å². The number of rotatable bonds is 6. The number of hydrogen-bond donors (Lipinski definition) is 0. The van der Waals surface area contributed by atoms with Crippen LogP contribution in [0.1, 0.15) is 24.1 Å². The largest absolute Gasteiger partial charge is 0.486 e. The highest BCUT2D eigenvalue weighted by molar-refractivity contribution is 7.97. The van der Waals surface area contributed by atoms with Gasteiger partial charge in [0.1, 0.15) is 24.0 Å². The molecule has 1 aliphatic heterocycles. The first kappa shape index (κ1) is 17.2. The molecule has 0 amide bonds. The van der Waals surface area contributed by atoms with Gasteiger partial charge in [-0.15, -0.1) is 0 Å². The van der Waals surface area contributed by atoms with Crippen molar-refractivity contribution in [3.8, 4) is 5.75 Å². The van der Waals surface area contributed by atoms with E-state index in [1.54, 1.807) is 28.6 Å². The number of nitrogens with zero attached hydrogens (tertiary/aromatic N) is 3. The van der Waals surface area contributed by atoms with Crippen LogP contribution in [-0.4, -0.2) is 40.9 Å². The van der Waals surface area contributed by atoms with Crippen LogP contribution in [0.15, 0.2) is 24.3 Å². The fraction of sp³-hybridized carbons (Fsp3) is 0.467. The lowest BCUT2D eigenvalue weighted by Crippen LogP contribution is -2.15. The molecular formula is C15H18FN3O3S2. The summed E-state index contributed by atoms with van der Waals surface area (Å²) in [7, 11) is -2.99. The van der Waals surface area contributed by atoms with Crippen LogP contribution in [0, 0.1) is 5.82 Å². The Balaban J connectivity index is 1.74. The summed E-state index contributed by atoms with van der Waals surface area (Å²) >= 11 is 1.60. The van der Waals surface area contributed by atoms with Crippen LogP contribution < -0.4 is 4.74 Å². The highest BCUT2D eigenvalue weighted by Gasteiger charge is 2.31. The molecule has 0 radical (unpaired) electrons. The third-order valence-corrected chi connectivity index (χ3v) is 6.05. The lowest BCUT2D eigenvalue weighted by atomic mass is 10.3. The summed E-state index contributed by atoms with van der Waals surface area (Å²) in [4.78, 5) is 4.46. The average Bonchev–Trinajstić information content (AvgIpc) is 3.10. The highest BCUT2D eigenvalue weighted by atomic mass is 32.2. The molecule has 3 rings (SSSR count). The average molecular weight is 371 g/mol. The number of ether oxygens (including phenoxy) is 1. The number of aromatic nitrogens is 3. The topological polar surface area (TPSA) is 74.1 Å². The summed E-state index contributed by atoms with van der Waals surface area (Å²) in [6.45, 7) is 0.152. The maximum Gasteiger partial charge on any atom is 0.188 e. The monoisotopic (exact) mass is 371 g/mol. The van der Waals surface area contributed by atoms with E-state index in [0.717, 1.165) is 5.82 Å². The summed E-state index contributed by atoms with van der Waals surface area (Å²) < 4.78 is 43.6. The van der Waals surface area contributed by atoms with Gasteiger partial charge >= 0.3 is 0 Å². The molecule has 1 atom stereocenters. The van der Waals surface area contributed by atoms with Crippen LogP contribution in [0.4, 0.5) is 4.39 Å². The van der Waals surface area contributed by atoms with E-state index < -0.39 is 9.84 Å². The van der Waals surface area contributed by atoms with E-state index in [1.807, 2.05) is 6.26 Å². The molecule has 1 aromatic heterocycles. The molecule has 9 heteroatoms. The van der Waals surface area contributed by atoms with Crippen LogP contribution in [0.2, 0.25) is 0 Å². The summed E-state index contributed by atoms with van der Waals surface area (Å²) in [5.41, 5.74) is 0. The second-order valence-electron chi connectivity index (χ2n) is 5.62. The summed E-state index contributed by atoms with van der Waals surface area (Å²) in [6.07, 6.45) is 2.52. The fourth-order valence-corrected chi connectivity index (χ4v) is 4.78. The van der Waals surface area contributed by atoms with E-state index in [0.29, 0.717) is 23.7 Å². The third kappa shape index (κ3) is 4.07. The number of hydrogen-bond acceptors (Lipinski definition) is 6. The molecule has 0 aliphatic carbocycles. The van der Waals surface area contributed by atoms with Crippen molar-refractivity contribution in [2.24, 2.45) is 0 Å². The highest BCUT2D eigenvalue weighted by Crippen LogP contribution is 2.25. The van der Waals surface area contributed by atoms with Gasteiger partial charge in [-0.25, -0.2) is 22.5 Å². The number of benzene rings is 1. The molecule has 2 heterocycles. The molecule has 1 fully saturated rings. The Kier molecular flexibility index (Phi) is 5.09. The van der Waals surface area contributed by atoms with E-state index in [1.165, 1.54) is 12.1 Å². The Labute approximate surface area is 144 Å². The maximum atomic E-state index is 12.9. The van der Waals surface area contributed by atoms with Gasteiger partial charge in [0.25, 0.3) is 0 Å². The third-order valence-electron chi connectivity index (χ3n) is 3.76. The van der Waals surface area contributed by atoms with Gasteiger partial charge in [0, 0.05) is 0 Å². The van der Waals surface area contributed by atoms with E-state index in [4.69, 9.17) is 4.74 Å². The van der Waals surface area contributed by atoms with Gasteiger partial charge < -0.3 is 4.74 Å². The maximum absolute atomic E-state index is 12.9. The molecule has 24 heavy (non-hydrogen) atoms. The molecule has 0 saturated carbocycles. The minimum atomic E-state index is -2.99. The Morgan fingerprint density at radius 3 is 2.75 bits per heavy atom. The van der Waals surface area contributed by atoms with E-state index in [-0.39, 0.29) is 30.0 Å². The Hall–Kier alpha value is -1.61. The lowest BCUT2D eigenvalue weighted by molar-refractivity contribution is 0.293. The second-order valence-corrected chi connectivity index (χ2v) is 8.72. The first-order valence-electron chi connectivity index (χ1n) is 7.49. The minimum absolute atomic E-state index is 0.107. The van der Waals surface area contributed by atoms with E-state index >= 15 is 0 Å². The number of thioether (sulfide) groups is 1. The molecule has 1 saturated heterocycles. The molecule has 1 aliphatic rings. The second kappa shape index (κ2) is 7.10. The van der Waals surface area contributed by atoms with Gasteiger partial charge in [-0.1, -0.05) is 0 Å². The van der Waals surface area contributed by atoms with E-state index in [2.05, 4.69) is 10.1 Å². The van der Waals surface area contributed by atoms with Crippen molar-refractivity contribution in [1.82, 2.24) is 14.8 Å². The van der Waals surface area contributed by atoms with Gasteiger partial charge in [0.05, 0.1) is 23.3 Å². The van der Waals surface area contributed by atoms with Crippen LogP contribution in [0.3, 0.4) is 0 Å². The van der Waals surface area contributed by atoms with Crippen molar-refractivity contribution in [2.45, 2.75) is 24.8 Å². The van der Waals surface area contributed by atoms with Crippen LogP contribution in [0.5, 0.6) is 5.75 Å². The van der Waals surface area contributed by atoms with Gasteiger partial charge in [-0.3, -0.25) is 0 Å². The van der Waals surface area contributed by atoms with Crippen molar-refractivity contribution >= 4 is 21.6 Å². The van der Waals surface area contributed by atoms with E-state index in [9.17, 15) is 12.8 Å². The molecule has 0 bridgehead atoms. The molecule has 2 aromatic rings.